The van der Waals surface area contributed by atoms with E-state index in [4.69, 9.17) is 4.74 Å². The number of halogens is 1. The first-order valence-corrected chi connectivity index (χ1v) is 10.4. The van der Waals surface area contributed by atoms with E-state index in [2.05, 4.69) is 15.6 Å². The smallest absolute Gasteiger partial charge is 0.242 e. The lowest BCUT2D eigenvalue weighted by molar-refractivity contribution is 0.409. The number of para-hydroxylation sites is 1. The summed E-state index contributed by atoms with van der Waals surface area (Å²) in [5.41, 5.74) is 1.79. The van der Waals surface area contributed by atoms with Crippen molar-refractivity contribution in [1.29, 1.82) is 0 Å². The van der Waals surface area contributed by atoms with Gasteiger partial charge in [0.15, 0.2) is 5.96 Å². The van der Waals surface area contributed by atoms with Crippen molar-refractivity contribution >= 4 is 40.0 Å². The highest BCUT2D eigenvalue weighted by Gasteiger charge is 2.20. The average Bonchev–Trinajstić information content (AvgIpc) is 2.70. The molecule has 0 aliphatic rings. The van der Waals surface area contributed by atoms with Gasteiger partial charge in [0, 0.05) is 34.2 Å². The van der Waals surface area contributed by atoms with Crippen molar-refractivity contribution in [3.8, 4) is 5.75 Å². The zero-order chi connectivity index (χ0) is 20.6. The first-order chi connectivity index (χ1) is 13.4. The van der Waals surface area contributed by atoms with Gasteiger partial charge in [-0.15, -0.1) is 24.0 Å². The van der Waals surface area contributed by atoms with E-state index in [0.717, 1.165) is 17.7 Å². The van der Waals surface area contributed by atoms with Crippen LogP contribution in [-0.2, 0) is 23.0 Å². The van der Waals surface area contributed by atoms with E-state index < -0.39 is 10.0 Å². The molecule has 2 N–H and O–H groups in total. The van der Waals surface area contributed by atoms with Crippen LogP contribution in [0, 0.1) is 0 Å². The zero-order valence-electron chi connectivity index (χ0n) is 17.2. The Morgan fingerprint density at radius 3 is 2.28 bits per heavy atom. The van der Waals surface area contributed by atoms with Gasteiger partial charge in [0.1, 0.15) is 5.75 Å². The van der Waals surface area contributed by atoms with Crippen LogP contribution in [0.25, 0.3) is 0 Å². The van der Waals surface area contributed by atoms with Gasteiger partial charge < -0.3 is 15.4 Å². The maximum atomic E-state index is 12.5. The van der Waals surface area contributed by atoms with Crippen LogP contribution in [0.5, 0.6) is 5.75 Å². The van der Waals surface area contributed by atoms with Crippen molar-refractivity contribution < 1.29 is 13.2 Å². The third kappa shape index (κ3) is 6.86. The number of hydrogen-bond acceptors (Lipinski definition) is 4. The van der Waals surface area contributed by atoms with E-state index in [9.17, 15) is 8.42 Å². The second kappa shape index (κ2) is 12.0. The van der Waals surface area contributed by atoms with E-state index in [1.54, 1.807) is 32.4 Å². The summed E-state index contributed by atoms with van der Waals surface area (Å²) < 4.78 is 31.6. The Bertz CT molecular complexity index is 917. The van der Waals surface area contributed by atoms with Crippen LogP contribution < -0.4 is 15.4 Å². The molecule has 0 radical (unpaired) electrons. The predicted octanol–water partition coefficient (Wildman–Crippen LogP) is 2.47. The summed E-state index contributed by atoms with van der Waals surface area (Å²) in [4.78, 5) is 4.50. The Morgan fingerprint density at radius 1 is 1.03 bits per heavy atom. The topological polar surface area (TPSA) is 83.0 Å². The van der Waals surface area contributed by atoms with Crippen LogP contribution in [0.4, 0.5) is 0 Å². The Hall–Kier alpha value is -1.85. The fourth-order valence-corrected chi connectivity index (χ4v) is 3.84. The molecule has 9 heteroatoms. The summed E-state index contributed by atoms with van der Waals surface area (Å²) >= 11 is 0. The van der Waals surface area contributed by atoms with Crippen molar-refractivity contribution in [3.63, 3.8) is 0 Å². The largest absolute Gasteiger partial charge is 0.496 e. The standard InChI is InChI=1S/C20H28N4O3S.HI/c1-21-20(22-14-13-16-9-5-7-11-18(16)27-4)23-15-17-10-6-8-12-19(17)28(25,26)24(2)3;/h5-12H,13-15H2,1-4H3,(H2,21,22,23);1H. The maximum Gasteiger partial charge on any atom is 0.242 e. The predicted molar refractivity (Wildman–Crippen MR) is 128 cm³/mol. The van der Waals surface area contributed by atoms with Gasteiger partial charge in [-0.2, -0.15) is 0 Å². The average molecular weight is 532 g/mol. The van der Waals surface area contributed by atoms with Gasteiger partial charge in [-0.3, -0.25) is 4.99 Å². The summed E-state index contributed by atoms with van der Waals surface area (Å²) in [7, 11) is 2.89. The molecule has 0 saturated carbocycles. The fourth-order valence-electron chi connectivity index (χ4n) is 2.72. The number of rotatable bonds is 8. The first kappa shape index (κ1) is 25.2. The molecular formula is C20H29IN4O3S. The molecule has 7 nitrogen and oxygen atoms in total. The van der Waals surface area contributed by atoms with Gasteiger partial charge in [0.05, 0.1) is 12.0 Å². The van der Waals surface area contributed by atoms with Crippen LogP contribution >= 0.6 is 24.0 Å². The summed E-state index contributed by atoms with van der Waals surface area (Å²) in [5.74, 6) is 1.46. The second-order valence-electron chi connectivity index (χ2n) is 6.31. The molecule has 2 aromatic rings. The molecule has 2 aromatic carbocycles. The number of hydrogen-bond donors (Lipinski definition) is 2. The van der Waals surface area contributed by atoms with Crippen LogP contribution in [0.3, 0.4) is 0 Å². The SMILES string of the molecule is CN=C(NCCc1ccccc1OC)NCc1ccccc1S(=O)(=O)N(C)C.I. The maximum absolute atomic E-state index is 12.5. The van der Waals surface area contributed by atoms with Gasteiger partial charge in [0.25, 0.3) is 0 Å². The van der Waals surface area contributed by atoms with Crippen LogP contribution in [0.15, 0.2) is 58.4 Å². The minimum absolute atomic E-state index is 0. The van der Waals surface area contributed by atoms with E-state index in [1.165, 1.54) is 18.4 Å². The summed E-state index contributed by atoms with van der Waals surface area (Å²) in [5, 5.41) is 6.42. The third-order valence-corrected chi connectivity index (χ3v) is 6.20. The first-order valence-electron chi connectivity index (χ1n) is 8.97. The zero-order valence-corrected chi connectivity index (χ0v) is 20.3. The third-order valence-electron chi connectivity index (χ3n) is 4.28. The molecule has 0 aromatic heterocycles. The Morgan fingerprint density at radius 2 is 1.66 bits per heavy atom. The monoisotopic (exact) mass is 532 g/mol. The molecule has 2 rings (SSSR count). The number of nitrogens with one attached hydrogen (secondary N) is 2. The molecule has 0 atom stereocenters. The summed E-state index contributed by atoms with van der Waals surface area (Å²) in [6, 6.07) is 14.8. The molecule has 160 valence electrons. The van der Waals surface area contributed by atoms with Crippen LogP contribution in [0.1, 0.15) is 11.1 Å². The minimum Gasteiger partial charge on any atom is -0.496 e. The Balaban J connectivity index is 0.00000420. The molecule has 0 saturated heterocycles. The molecule has 0 heterocycles. The van der Waals surface area contributed by atoms with Crippen LogP contribution in [-0.4, -0.2) is 53.5 Å². The van der Waals surface area contributed by atoms with Gasteiger partial charge in [-0.05, 0) is 29.7 Å². The molecule has 0 fully saturated rings. The summed E-state index contributed by atoms with van der Waals surface area (Å²) in [6.07, 6.45) is 0.774. The molecule has 0 bridgehead atoms. The quantitative estimate of drug-likeness (QED) is 0.310. The number of methoxy groups -OCH3 is 1. The van der Waals surface area contributed by atoms with Gasteiger partial charge in [0.2, 0.25) is 10.0 Å². The number of aliphatic imine (C=N–C) groups is 1. The van der Waals surface area contributed by atoms with Gasteiger partial charge >= 0.3 is 0 Å². The van der Waals surface area contributed by atoms with Crippen molar-refractivity contribution in [2.45, 2.75) is 17.9 Å². The van der Waals surface area contributed by atoms with Crippen molar-refractivity contribution in [3.05, 3.63) is 59.7 Å². The van der Waals surface area contributed by atoms with E-state index in [1.807, 2.05) is 30.3 Å². The number of nitrogens with zero attached hydrogens (tertiary/aromatic N) is 2. The lowest BCUT2D eigenvalue weighted by Crippen LogP contribution is -2.38. The van der Waals surface area contributed by atoms with Crippen molar-refractivity contribution in [2.24, 2.45) is 4.99 Å². The number of ether oxygens (including phenoxy) is 1. The van der Waals surface area contributed by atoms with Gasteiger partial charge in [-0.25, -0.2) is 12.7 Å². The second-order valence-corrected chi connectivity index (χ2v) is 8.43. The normalized spacial score (nSPS) is 11.7. The number of benzene rings is 2. The Labute approximate surface area is 190 Å². The highest BCUT2D eigenvalue weighted by atomic mass is 127. The van der Waals surface area contributed by atoms with E-state index >= 15 is 0 Å². The molecule has 0 aliphatic carbocycles. The van der Waals surface area contributed by atoms with Crippen molar-refractivity contribution in [2.75, 3.05) is 34.8 Å². The molecule has 0 unspecified atom stereocenters. The van der Waals surface area contributed by atoms with E-state index in [0.29, 0.717) is 24.6 Å². The summed E-state index contributed by atoms with van der Waals surface area (Å²) in [6.45, 7) is 1.01. The molecule has 0 aliphatic heterocycles. The molecular weight excluding hydrogens is 503 g/mol. The van der Waals surface area contributed by atoms with E-state index in [-0.39, 0.29) is 28.9 Å². The molecule has 0 amide bonds. The molecule has 0 spiro atoms. The lowest BCUT2D eigenvalue weighted by Gasteiger charge is -2.17. The minimum atomic E-state index is -3.50. The highest BCUT2D eigenvalue weighted by Crippen LogP contribution is 2.18. The van der Waals surface area contributed by atoms with Crippen LogP contribution in [0.2, 0.25) is 0 Å². The van der Waals surface area contributed by atoms with Crippen molar-refractivity contribution in [1.82, 2.24) is 14.9 Å². The molecule has 29 heavy (non-hydrogen) atoms. The lowest BCUT2D eigenvalue weighted by atomic mass is 10.1. The fraction of sp³-hybridized carbons (Fsp3) is 0.350. The number of sulfonamides is 1. The Kier molecular flexibility index (Phi) is 10.4. The number of guanidine groups is 1. The van der Waals surface area contributed by atoms with Gasteiger partial charge in [-0.1, -0.05) is 36.4 Å². The highest BCUT2D eigenvalue weighted by molar-refractivity contribution is 14.0.